The van der Waals surface area contributed by atoms with Gasteiger partial charge in [-0.05, 0) is 49.6 Å². The molecule has 0 fully saturated rings. The molecule has 0 unspecified atom stereocenters. The topological polar surface area (TPSA) is 50.1 Å². The maximum atomic E-state index is 14.1. The fourth-order valence-corrected chi connectivity index (χ4v) is 2.19. The van der Waals surface area contributed by atoms with Gasteiger partial charge in [0.1, 0.15) is 34.8 Å². The minimum Gasteiger partial charge on any atom is -0.423 e. The van der Waals surface area contributed by atoms with Crippen molar-refractivity contribution in [2.45, 2.75) is 19.8 Å². The lowest BCUT2D eigenvalue weighted by Crippen LogP contribution is -2.14. The Labute approximate surface area is 143 Å². The molecule has 3 nitrogen and oxygen atoms in total. The van der Waals surface area contributed by atoms with Gasteiger partial charge in [0.2, 0.25) is 0 Å². The number of nitrogens with zero attached hydrogens (tertiary/aromatic N) is 1. The summed E-state index contributed by atoms with van der Waals surface area (Å²) in [6.45, 7) is 1.84. The van der Waals surface area contributed by atoms with E-state index < -0.39 is 29.0 Å². The first-order valence-corrected chi connectivity index (χ1v) is 7.47. The average Bonchev–Trinajstić information content (AvgIpc) is 2.54. The number of ether oxygens (including phenoxy) is 1. The lowest BCUT2D eigenvalue weighted by molar-refractivity contribution is 0.0724. The largest absolute Gasteiger partial charge is 0.423 e. The van der Waals surface area contributed by atoms with E-state index in [4.69, 9.17) is 10.00 Å². The molecule has 0 bridgehead atoms. The van der Waals surface area contributed by atoms with Gasteiger partial charge in [0.05, 0.1) is 5.56 Å². The van der Waals surface area contributed by atoms with E-state index in [1.54, 1.807) is 6.07 Å². The van der Waals surface area contributed by atoms with E-state index in [2.05, 4.69) is 0 Å². The second kappa shape index (κ2) is 8.15. The molecule has 2 aromatic carbocycles. The summed E-state index contributed by atoms with van der Waals surface area (Å²) < 4.78 is 46.5. The molecule has 0 atom stereocenters. The smallest absolute Gasteiger partial charge is 0.349 e. The molecule has 6 heteroatoms. The molecule has 0 saturated heterocycles. The second-order valence-corrected chi connectivity index (χ2v) is 5.19. The average molecular weight is 345 g/mol. The standard InChI is InChI=1S/C19H14F3NO2/c1-2-3-4-5-12-8-16(21)18(17(22)9-12)19(24)25-14-7-6-13(11-23)15(20)10-14/h2-3,6-10H,4-5H2,1H3/b3-2+. The molecule has 0 aromatic heterocycles. The molecule has 0 heterocycles. The monoisotopic (exact) mass is 345 g/mol. The van der Waals surface area contributed by atoms with Crippen molar-refractivity contribution in [1.29, 1.82) is 5.26 Å². The van der Waals surface area contributed by atoms with Crippen LogP contribution in [-0.4, -0.2) is 5.97 Å². The number of carbonyl (C=O) groups is 1. The van der Waals surface area contributed by atoms with E-state index in [0.29, 0.717) is 18.4 Å². The van der Waals surface area contributed by atoms with Crippen molar-refractivity contribution in [1.82, 2.24) is 0 Å². The third kappa shape index (κ3) is 4.48. The highest BCUT2D eigenvalue weighted by Crippen LogP contribution is 2.21. The Morgan fingerprint density at radius 3 is 2.40 bits per heavy atom. The lowest BCUT2D eigenvalue weighted by atomic mass is 10.1. The Hall–Kier alpha value is -3.07. The molecule has 25 heavy (non-hydrogen) atoms. The maximum absolute atomic E-state index is 14.1. The molecule has 0 radical (unpaired) electrons. The Balaban J connectivity index is 2.21. The van der Waals surface area contributed by atoms with Crippen molar-refractivity contribution in [3.05, 3.63) is 76.6 Å². The van der Waals surface area contributed by atoms with E-state index in [1.165, 1.54) is 6.07 Å². The van der Waals surface area contributed by atoms with E-state index in [1.807, 2.05) is 19.1 Å². The Morgan fingerprint density at radius 1 is 1.16 bits per heavy atom. The molecule has 0 aliphatic rings. The van der Waals surface area contributed by atoms with Crippen molar-refractivity contribution >= 4 is 5.97 Å². The zero-order chi connectivity index (χ0) is 18.4. The summed E-state index contributed by atoms with van der Waals surface area (Å²) in [7, 11) is 0. The number of allylic oxidation sites excluding steroid dienone is 2. The molecule has 0 spiro atoms. The summed E-state index contributed by atoms with van der Waals surface area (Å²) in [4.78, 5) is 12.0. The molecular weight excluding hydrogens is 331 g/mol. The number of nitriles is 1. The summed E-state index contributed by atoms with van der Waals surface area (Å²) in [6, 6.07) is 6.83. The van der Waals surface area contributed by atoms with Crippen LogP contribution in [0.1, 0.15) is 34.8 Å². The minimum absolute atomic E-state index is 0.234. The first-order chi connectivity index (χ1) is 12.0. The van der Waals surface area contributed by atoms with Gasteiger partial charge in [0, 0.05) is 6.07 Å². The van der Waals surface area contributed by atoms with Crippen molar-refractivity contribution in [2.75, 3.05) is 0 Å². The Morgan fingerprint density at radius 2 is 1.84 bits per heavy atom. The zero-order valence-corrected chi connectivity index (χ0v) is 13.4. The van der Waals surface area contributed by atoms with Gasteiger partial charge in [-0.2, -0.15) is 5.26 Å². The number of halogens is 3. The van der Waals surface area contributed by atoms with Crippen LogP contribution in [0, 0.1) is 28.8 Å². The van der Waals surface area contributed by atoms with Crippen LogP contribution in [0.5, 0.6) is 5.75 Å². The van der Waals surface area contributed by atoms with Gasteiger partial charge in [-0.1, -0.05) is 12.2 Å². The molecule has 2 aromatic rings. The van der Waals surface area contributed by atoms with Crippen LogP contribution in [0.2, 0.25) is 0 Å². The Kier molecular flexibility index (Phi) is 5.96. The summed E-state index contributed by atoms with van der Waals surface area (Å²) in [5.41, 5.74) is -0.670. The zero-order valence-electron chi connectivity index (χ0n) is 13.4. The van der Waals surface area contributed by atoms with Crippen LogP contribution in [0.4, 0.5) is 13.2 Å². The maximum Gasteiger partial charge on any atom is 0.349 e. The van der Waals surface area contributed by atoms with Gasteiger partial charge in [-0.25, -0.2) is 18.0 Å². The molecular formula is C19H14F3NO2. The predicted octanol–water partition coefficient (Wildman–Crippen LogP) is 4.70. The van der Waals surface area contributed by atoms with Gasteiger partial charge in [0.25, 0.3) is 0 Å². The van der Waals surface area contributed by atoms with Crippen LogP contribution in [0.3, 0.4) is 0 Å². The van der Waals surface area contributed by atoms with Crippen molar-refractivity contribution in [3.63, 3.8) is 0 Å². The van der Waals surface area contributed by atoms with Gasteiger partial charge < -0.3 is 4.74 Å². The third-order valence-corrected chi connectivity index (χ3v) is 3.41. The number of benzene rings is 2. The van der Waals surface area contributed by atoms with Crippen LogP contribution in [0.15, 0.2) is 42.5 Å². The molecule has 2 rings (SSSR count). The van der Waals surface area contributed by atoms with Gasteiger partial charge in [0.15, 0.2) is 0 Å². The van der Waals surface area contributed by atoms with Gasteiger partial charge in [-0.3, -0.25) is 0 Å². The summed E-state index contributed by atoms with van der Waals surface area (Å²) in [5.74, 6) is -4.52. The second-order valence-electron chi connectivity index (χ2n) is 5.19. The molecule has 128 valence electrons. The van der Waals surface area contributed by atoms with E-state index in [0.717, 1.165) is 24.3 Å². The van der Waals surface area contributed by atoms with Crippen molar-refractivity contribution < 1.29 is 22.7 Å². The first-order valence-electron chi connectivity index (χ1n) is 7.47. The molecule has 0 N–H and O–H groups in total. The lowest BCUT2D eigenvalue weighted by Gasteiger charge is -2.08. The quantitative estimate of drug-likeness (QED) is 0.448. The van der Waals surface area contributed by atoms with Gasteiger partial charge >= 0.3 is 5.97 Å². The van der Waals surface area contributed by atoms with Crippen LogP contribution in [-0.2, 0) is 6.42 Å². The summed E-state index contributed by atoms with van der Waals surface area (Å²) in [6.07, 6.45) is 4.73. The Bertz CT molecular complexity index is 846. The normalized spacial score (nSPS) is 10.7. The van der Waals surface area contributed by atoms with Crippen LogP contribution >= 0.6 is 0 Å². The van der Waals surface area contributed by atoms with Crippen LogP contribution in [0.25, 0.3) is 0 Å². The summed E-state index contributed by atoms with van der Waals surface area (Å²) >= 11 is 0. The number of rotatable bonds is 5. The van der Waals surface area contributed by atoms with Crippen LogP contribution < -0.4 is 4.74 Å². The van der Waals surface area contributed by atoms with E-state index in [9.17, 15) is 18.0 Å². The van der Waals surface area contributed by atoms with E-state index in [-0.39, 0.29) is 11.3 Å². The SMILES string of the molecule is C/C=C/CCc1cc(F)c(C(=O)Oc2ccc(C#N)c(F)c2)c(F)c1. The van der Waals surface area contributed by atoms with E-state index >= 15 is 0 Å². The number of hydrogen-bond acceptors (Lipinski definition) is 3. The molecule has 0 aliphatic heterocycles. The minimum atomic E-state index is -1.28. The first kappa shape index (κ1) is 18.3. The van der Waals surface area contributed by atoms with Crippen molar-refractivity contribution in [2.24, 2.45) is 0 Å². The molecule has 0 amide bonds. The number of carbonyl (C=O) groups excluding carboxylic acids is 1. The number of aryl methyl sites for hydroxylation is 1. The van der Waals surface area contributed by atoms with Crippen molar-refractivity contribution in [3.8, 4) is 11.8 Å². The summed E-state index contributed by atoms with van der Waals surface area (Å²) in [5, 5.41) is 8.64. The number of esters is 1. The third-order valence-electron chi connectivity index (χ3n) is 3.41. The molecule has 0 aliphatic carbocycles. The number of hydrogen-bond donors (Lipinski definition) is 0. The molecule has 0 saturated carbocycles. The highest BCUT2D eigenvalue weighted by atomic mass is 19.1. The highest BCUT2D eigenvalue weighted by Gasteiger charge is 2.21. The highest BCUT2D eigenvalue weighted by molar-refractivity contribution is 5.91. The van der Waals surface area contributed by atoms with Gasteiger partial charge in [-0.15, -0.1) is 0 Å². The fraction of sp³-hybridized carbons (Fsp3) is 0.158. The fourth-order valence-electron chi connectivity index (χ4n) is 2.19. The predicted molar refractivity (Wildman–Crippen MR) is 85.6 cm³/mol.